The van der Waals surface area contributed by atoms with Gasteiger partial charge in [-0.1, -0.05) is 187 Å². The largest absolute Gasteiger partial charge is 0.311 e. The Morgan fingerprint density at radius 3 is 0.939 bits per heavy atom. The zero-order chi connectivity index (χ0) is 45.3. The third-order valence-electron chi connectivity index (χ3n) is 13.7. The SMILES string of the molecule is Cc1cc2c3c(c1)N(c1cc(-c4ccccc4)cc(-c4ccccc4)c1)c1ccc(C(C)(C)C)cc1B3c1cc(C(C)(C)C)ccc1N2c1cc(-c2ccccc2)cc(-c2ccccc2)c1. The maximum absolute atomic E-state index is 2.58. The zero-order valence-corrected chi connectivity index (χ0v) is 39.1. The van der Waals surface area contributed by atoms with E-state index in [1.165, 1.54) is 100 Å². The van der Waals surface area contributed by atoms with E-state index in [1.807, 2.05) is 0 Å². The summed E-state index contributed by atoms with van der Waals surface area (Å²) in [5.41, 5.74) is 24.5. The van der Waals surface area contributed by atoms with Gasteiger partial charge in [0.25, 0.3) is 6.71 Å². The molecule has 0 fully saturated rings. The van der Waals surface area contributed by atoms with Crippen molar-refractivity contribution in [3.63, 3.8) is 0 Å². The van der Waals surface area contributed by atoms with E-state index < -0.39 is 0 Å². The number of aryl methyl sites for hydroxylation is 1. The fourth-order valence-electron chi connectivity index (χ4n) is 10.3. The first-order valence-electron chi connectivity index (χ1n) is 23.4. The van der Waals surface area contributed by atoms with Gasteiger partial charge in [0.1, 0.15) is 0 Å². The van der Waals surface area contributed by atoms with E-state index in [2.05, 4.69) is 265 Å². The van der Waals surface area contributed by atoms with Crippen LogP contribution in [-0.2, 0) is 10.8 Å². The van der Waals surface area contributed by atoms with Gasteiger partial charge in [-0.2, -0.15) is 0 Å². The molecule has 2 heterocycles. The summed E-state index contributed by atoms with van der Waals surface area (Å²) in [6.07, 6.45) is 0. The number of fused-ring (bicyclic) bond motifs is 4. The average molecular weight is 851 g/mol. The predicted octanol–water partition coefficient (Wildman–Crippen LogP) is 15.3. The van der Waals surface area contributed by atoms with Gasteiger partial charge in [0.15, 0.2) is 0 Å². The first-order chi connectivity index (χ1) is 31.9. The Labute approximate surface area is 392 Å². The van der Waals surface area contributed by atoms with Crippen molar-refractivity contribution < 1.29 is 0 Å². The van der Waals surface area contributed by atoms with Crippen LogP contribution in [0.15, 0.2) is 206 Å². The Kier molecular flexibility index (Phi) is 10.0. The van der Waals surface area contributed by atoms with Crippen molar-refractivity contribution in [2.24, 2.45) is 0 Å². The highest BCUT2D eigenvalue weighted by Gasteiger charge is 2.44. The number of anilines is 6. The van der Waals surface area contributed by atoms with Crippen LogP contribution in [0.4, 0.5) is 34.1 Å². The lowest BCUT2D eigenvalue weighted by Crippen LogP contribution is -2.61. The third-order valence-corrected chi connectivity index (χ3v) is 13.7. The highest BCUT2D eigenvalue weighted by Crippen LogP contribution is 2.48. The summed E-state index contributed by atoms with van der Waals surface area (Å²) < 4.78 is 0. The Morgan fingerprint density at radius 2 is 0.636 bits per heavy atom. The van der Waals surface area contributed by atoms with E-state index in [1.54, 1.807) is 0 Å². The van der Waals surface area contributed by atoms with Gasteiger partial charge in [-0.25, -0.2) is 0 Å². The second-order valence-corrected chi connectivity index (χ2v) is 20.4. The van der Waals surface area contributed by atoms with E-state index in [-0.39, 0.29) is 17.5 Å². The molecular weight excluding hydrogens is 796 g/mol. The molecule has 0 bridgehead atoms. The minimum atomic E-state index is -0.0492. The minimum Gasteiger partial charge on any atom is -0.311 e. The fourth-order valence-corrected chi connectivity index (χ4v) is 10.3. The molecule has 2 nitrogen and oxygen atoms in total. The van der Waals surface area contributed by atoms with E-state index >= 15 is 0 Å². The molecule has 320 valence electrons. The smallest absolute Gasteiger partial charge is 0.252 e. The molecular formula is C63H55BN2. The van der Waals surface area contributed by atoms with Gasteiger partial charge < -0.3 is 9.80 Å². The lowest BCUT2D eigenvalue weighted by Gasteiger charge is -2.45. The zero-order valence-electron chi connectivity index (χ0n) is 39.1. The van der Waals surface area contributed by atoms with Crippen molar-refractivity contribution in [1.29, 1.82) is 0 Å². The molecule has 11 rings (SSSR count). The molecule has 0 atom stereocenters. The normalized spacial score (nSPS) is 13.0. The number of hydrogen-bond acceptors (Lipinski definition) is 2. The first kappa shape index (κ1) is 41.4. The van der Waals surface area contributed by atoms with Gasteiger partial charge in [-0.15, -0.1) is 0 Å². The summed E-state index contributed by atoms with van der Waals surface area (Å²) in [7, 11) is 0. The monoisotopic (exact) mass is 850 g/mol. The molecule has 0 unspecified atom stereocenters. The van der Waals surface area contributed by atoms with E-state index in [9.17, 15) is 0 Å². The second-order valence-electron chi connectivity index (χ2n) is 20.4. The molecule has 0 radical (unpaired) electrons. The summed E-state index contributed by atoms with van der Waals surface area (Å²) in [6, 6.07) is 77.2. The van der Waals surface area contributed by atoms with Gasteiger partial charge >= 0.3 is 0 Å². The van der Waals surface area contributed by atoms with Crippen LogP contribution >= 0.6 is 0 Å². The average Bonchev–Trinajstić information content (AvgIpc) is 3.33. The van der Waals surface area contributed by atoms with Crippen LogP contribution in [0.25, 0.3) is 44.5 Å². The Balaban J connectivity index is 1.24. The van der Waals surface area contributed by atoms with Crippen LogP contribution in [0.5, 0.6) is 0 Å². The number of nitrogens with zero attached hydrogens (tertiary/aromatic N) is 2. The van der Waals surface area contributed by atoms with Crippen LogP contribution in [0.3, 0.4) is 0 Å². The van der Waals surface area contributed by atoms with Gasteiger partial charge in [0.2, 0.25) is 0 Å². The summed E-state index contributed by atoms with van der Waals surface area (Å²) in [5, 5.41) is 0. The van der Waals surface area contributed by atoms with Crippen molar-refractivity contribution in [2.45, 2.75) is 59.3 Å². The molecule has 9 aromatic carbocycles. The highest BCUT2D eigenvalue weighted by molar-refractivity contribution is 7.00. The van der Waals surface area contributed by atoms with Crippen LogP contribution in [-0.4, -0.2) is 6.71 Å². The second kappa shape index (κ2) is 16.0. The molecule has 2 aliphatic heterocycles. The van der Waals surface area contributed by atoms with E-state index in [0.29, 0.717) is 0 Å². The van der Waals surface area contributed by atoms with Crippen LogP contribution < -0.4 is 26.2 Å². The highest BCUT2D eigenvalue weighted by atomic mass is 15.2. The number of hydrogen-bond donors (Lipinski definition) is 0. The Hall–Kier alpha value is -7.36. The van der Waals surface area contributed by atoms with Crippen molar-refractivity contribution in [1.82, 2.24) is 0 Å². The molecule has 0 amide bonds. The van der Waals surface area contributed by atoms with E-state index in [0.717, 1.165) is 11.4 Å². The molecule has 3 heteroatoms. The van der Waals surface area contributed by atoms with Crippen molar-refractivity contribution >= 4 is 57.2 Å². The summed E-state index contributed by atoms with van der Waals surface area (Å²) in [6.45, 7) is 16.3. The van der Waals surface area contributed by atoms with Gasteiger partial charge in [0, 0.05) is 34.1 Å². The quantitative estimate of drug-likeness (QED) is 0.154. The maximum Gasteiger partial charge on any atom is 0.252 e. The molecule has 0 aromatic heterocycles. The number of benzene rings is 9. The summed E-state index contributed by atoms with van der Waals surface area (Å²) in [4.78, 5) is 5.16. The molecule has 66 heavy (non-hydrogen) atoms. The standard InChI is InChI=1S/C63H55BN2/c1-42-32-59-61-60(33-42)66(54-38-49(45-24-16-10-17-25-45)35-50(39-54)46-26-18-11-19-27-46)58-31-29-52(63(5,6)7)41-56(58)64(61)55-40-51(62(2,3)4)28-30-57(55)65(59)53-36-47(43-20-12-8-13-21-43)34-48(37-53)44-22-14-9-15-23-44/h8-41H,1-7H3. The molecule has 2 aliphatic rings. The molecule has 9 aromatic rings. The summed E-state index contributed by atoms with van der Waals surface area (Å²) in [5.74, 6) is 0. The molecule has 0 N–H and O–H groups in total. The van der Waals surface area contributed by atoms with Crippen LogP contribution in [0.1, 0.15) is 58.2 Å². The fraction of sp³-hybridized carbons (Fsp3) is 0.143. The van der Waals surface area contributed by atoms with Crippen molar-refractivity contribution in [3.05, 3.63) is 223 Å². The minimum absolute atomic E-state index is 0.00509. The van der Waals surface area contributed by atoms with Gasteiger partial charge in [-0.05, 0) is 156 Å². The van der Waals surface area contributed by atoms with Gasteiger partial charge in [-0.3, -0.25) is 0 Å². The molecule has 0 aliphatic carbocycles. The molecule has 0 saturated carbocycles. The van der Waals surface area contributed by atoms with E-state index in [4.69, 9.17) is 0 Å². The Bertz CT molecular complexity index is 2940. The lowest BCUT2D eigenvalue weighted by atomic mass is 9.33. The maximum atomic E-state index is 2.58. The molecule has 0 spiro atoms. The molecule has 0 saturated heterocycles. The summed E-state index contributed by atoms with van der Waals surface area (Å²) >= 11 is 0. The van der Waals surface area contributed by atoms with Crippen LogP contribution in [0.2, 0.25) is 0 Å². The predicted molar refractivity (Wildman–Crippen MR) is 284 cm³/mol. The number of rotatable bonds is 6. The third kappa shape index (κ3) is 7.33. The first-order valence-corrected chi connectivity index (χ1v) is 23.4. The van der Waals surface area contributed by atoms with Crippen LogP contribution in [0, 0.1) is 6.92 Å². The lowest BCUT2D eigenvalue weighted by molar-refractivity contribution is 0.590. The van der Waals surface area contributed by atoms with Crippen molar-refractivity contribution in [2.75, 3.05) is 9.80 Å². The van der Waals surface area contributed by atoms with Gasteiger partial charge in [0.05, 0.1) is 0 Å². The van der Waals surface area contributed by atoms with Crippen molar-refractivity contribution in [3.8, 4) is 44.5 Å². The Morgan fingerprint density at radius 1 is 0.318 bits per heavy atom. The topological polar surface area (TPSA) is 6.48 Å².